The molecule has 4 nitrogen and oxygen atoms in total. The molecule has 2 atom stereocenters. The van der Waals surface area contributed by atoms with E-state index in [4.69, 9.17) is 0 Å². The molecule has 0 bridgehead atoms. The van der Waals surface area contributed by atoms with E-state index in [0.717, 1.165) is 23.9 Å². The van der Waals surface area contributed by atoms with Crippen LogP contribution >= 0.6 is 0 Å². The van der Waals surface area contributed by atoms with Gasteiger partial charge in [-0.2, -0.15) is 0 Å². The fourth-order valence-corrected chi connectivity index (χ4v) is 3.24. The van der Waals surface area contributed by atoms with Crippen LogP contribution in [0.3, 0.4) is 0 Å². The van der Waals surface area contributed by atoms with Crippen molar-refractivity contribution in [3.63, 3.8) is 0 Å². The molecule has 130 valence electrons. The number of benzene rings is 1. The zero-order valence-electron chi connectivity index (χ0n) is 14.8. The van der Waals surface area contributed by atoms with E-state index in [1.54, 1.807) is 7.05 Å². The Labute approximate surface area is 143 Å². The highest BCUT2D eigenvalue weighted by Gasteiger charge is 2.07. The van der Waals surface area contributed by atoms with E-state index in [-0.39, 0.29) is 0 Å². The molecule has 2 N–H and O–H groups in total. The standard InChI is InChI=1S/C18H31N3OS/c1-15(2)10-11-16(3)21-18(19-4)20-12-13-23(22)14-17-8-6-5-7-9-17/h5-9,15-16H,10-14H2,1-4H3,(H2,19,20,21). The molecule has 1 rings (SSSR count). The predicted octanol–water partition coefficient (Wildman–Crippen LogP) is 2.93. The molecule has 1 aromatic carbocycles. The normalized spacial score (nSPS) is 14.6. The number of rotatable bonds is 9. The molecule has 0 aliphatic carbocycles. The van der Waals surface area contributed by atoms with Crippen LogP contribution in [0.5, 0.6) is 0 Å². The van der Waals surface area contributed by atoms with Gasteiger partial charge in [-0.15, -0.1) is 0 Å². The highest BCUT2D eigenvalue weighted by molar-refractivity contribution is 7.84. The van der Waals surface area contributed by atoms with Gasteiger partial charge in [0, 0.05) is 41.9 Å². The monoisotopic (exact) mass is 337 g/mol. The van der Waals surface area contributed by atoms with Gasteiger partial charge in [-0.1, -0.05) is 44.2 Å². The molecule has 0 aliphatic heterocycles. The third kappa shape index (κ3) is 9.39. The van der Waals surface area contributed by atoms with E-state index in [1.165, 1.54) is 6.42 Å². The lowest BCUT2D eigenvalue weighted by atomic mass is 10.0. The lowest BCUT2D eigenvalue weighted by Crippen LogP contribution is -2.43. The Morgan fingerprint density at radius 2 is 1.87 bits per heavy atom. The molecule has 0 radical (unpaired) electrons. The summed E-state index contributed by atoms with van der Waals surface area (Å²) in [5, 5.41) is 6.64. The Bertz CT molecular complexity index is 488. The number of aliphatic imine (C=N–C) groups is 1. The average molecular weight is 338 g/mol. The molecule has 1 aromatic rings. The number of hydrogen-bond acceptors (Lipinski definition) is 2. The van der Waals surface area contributed by atoms with Crippen molar-refractivity contribution in [3.8, 4) is 0 Å². The minimum absolute atomic E-state index is 0.387. The summed E-state index contributed by atoms with van der Waals surface area (Å²) in [6.45, 7) is 7.31. The van der Waals surface area contributed by atoms with Gasteiger partial charge in [0.2, 0.25) is 0 Å². The highest BCUT2D eigenvalue weighted by Crippen LogP contribution is 2.06. The van der Waals surface area contributed by atoms with Crippen molar-refractivity contribution in [1.29, 1.82) is 0 Å². The van der Waals surface area contributed by atoms with Gasteiger partial charge in [0.15, 0.2) is 5.96 Å². The Hall–Kier alpha value is -1.36. The Balaban J connectivity index is 2.25. The van der Waals surface area contributed by atoms with E-state index in [0.29, 0.717) is 24.1 Å². The van der Waals surface area contributed by atoms with E-state index in [9.17, 15) is 4.21 Å². The van der Waals surface area contributed by atoms with Crippen LogP contribution in [0, 0.1) is 5.92 Å². The first-order valence-electron chi connectivity index (χ1n) is 8.37. The van der Waals surface area contributed by atoms with Crippen molar-refractivity contribution in [2.24, 2.45) is 10.9 Å². The first kappa shape index (κ1) is 19.7. The van der Waals surface area contributed by atoms with Crippen LogP contribution in [0.25, 0.3) is 0 Å². The third-order valence-corrected chi connectivity index (χ3v) is 4.89. The smallest absolute Gasteiger partial charge is 0.191 e. The SMILES string of the molecule is CN=C(NCCS(=O)Cc1ccccc1)NC(C)CCC(C)C. The third-order valence-electron chi connectivity index (χ3n) is 3.58. The van der Waals surface area contributed by atoms with E-state index >= 15 is 0 Å². The molecule has 23 heavy (non-hydrogen) atoms. The molecular weight excluding hydrogens is 306 g/mol. The van der Waals surface area contributed by atoms with Gasteiger partial charge in [-0.05, 0) is 31.2 Å². The van der Waals surface area contributed by atoms with E-state index in [2.05, 4.69) is 36.4 Å². The molecule has 2 unspecified atom stereocenters. The van der Waals surface area contributed by atoms with E-state index in [1.807, 2.05) is 30.3 Å². The van der Waals surface area contributed by atoms with Crippen LogP contribution in [0.1, 0.15) is 39.2 Å². The molecule has 0 amide bonds. The summed E-state index contributed by atoms with van der Waals surface area (Å²) in [6.07, 6.45) is 2.32. The summed E-state index contributed by atoms with van der Waals surface area (Å²) >= 11 is 0. The number of guanidine groups is 1. The minimum atomic E-state index is -0.857. The number of nitrogens with one attached hydrogen (secondary N) is 2. The maximum absolute atomic E-state index is 12.1. The quantitative estimate of drug-likeness (QED) is 0.538. The molecular formula is C18H31N3OS. The first-order chi connectivity index (χ1) is 11.0. The molecule has 0 aliphatic rings. The fraction of sp³-hybridized carbons (Fsp3) is 0.611. The van der Waals surface area contributed by atoms with Gasteiger partial charge >= 0.3 is 0 Å². The summed E-state index contributed by atoms with van der Waals surface area (Å²) in [4.78, 5) is 4.23. The van der Waals surface area contributed by atoms with Crippen molar-refractivity contribution in [3.05, 3.63) is 35.9 Å². The number of hydrogen-bond donors (Lipinski definition) is 2. The molecule has 0 spiro atoms. The predicted molar refractivity (Wildman–Crippen MR) is 101 cm³/mol. The average Bonchev–Trinajstić information content (AvgIpc) is 2.52. The Morgan fingerprint density at radius 3 is 2.48 bits per heavy atom. The summed E-state index contributed by atoms with van der Waals surface area (Å²) in [5.41, 5.74) is 1.12. The zero-order valence-corrected chi connectivity index (χ0v) is 15.7. The number of nitrogens with zero attached hydrogens (tertiary/aromatic N) is 1. The van der Waals surface area contributed by atoms with Crippen molar-refractivity contribution in [2.75, 3.05) is 19.3 Å². The van der Waals surface area contributed by atoms with Gasteiger partial charge in [0.1, 0.15) is 0 Å². The molecule has 0 saturated heterocycles. The van der Waals surface area contributed by atoms with Gasteiger partial charge in [0.05, 0.1) is 0 Å². The van der Waals surface area contributed by atoms with Crippen molar-refractivity contribution >= 4 is 16.8 Å². The van der Waals surface area contributed by atoms with Gasteiger partial charge in [-0.3, -0.25) is 9.20 Å². The van der Waals surface area contributed by atoms with Crippen LogP contribution in [-0.2, 0) is 16.6 Å². The Kier molecular flexibility index (Phi) is 9.60. The van der Waals surface area contributed by atoms with Gasteiger partial charge in [-0.25, -0.2) is 0 Å². The largest absolute Gasteiger partial charge is 0.355 e. The van der Waals surface area contributed by atoms with E-state index < -0.39 is 10.8 Å². The maximum atomic E-state index is 12.1. The van der Waals surface area contributed by atoms with Crippen LogP contribution in [0.2, 0.25) is 0 Å². The van der Waals surface area contributed by atoms with Crippen molar-refractivity contribution in [2.45, 2.75) is 45.4 Å². The van der Waals surface area contributed by atoms with Crippen LogP contribution in [0.4, 0.5) is 0 Å². The second kappa shape index (κ2) is 11.2. The van der Waals surface area contributed by atoms with Gasteiger partial charge < -0.3 is 10.6 Å². The summed E-state index contributed by atoms with van der Waals surface area (Å²) in [5.74, 6) is 2.74. The lowest BCUT2D eigenvalue weighted by molar-refractivity contribution is 0.489. The highest BCUT2D eigenvalue weighted by atomic mass is 32.2. The summed E-state index contributed by atoms with van der Waals surface area (Å²) < 4.78 is 12.1. The van der Waals surface area contributed by atoms with Crippen LogP contribution < -0.4 is 10.6 Å². The zero-order chi connectivity index (χ0) is 17.1. The van der Waals surface area contributed by atoms with Crippen molar-refractivity contribution < 1.29 is 4.21 Å². The summed E-state index contributed by atoms with van der Waals surface area (Å²) in [7, 11) is 0.912. The molecule has 5 heteroatoms. The van der Waals surface area contributed by atoms with Crippen LogP contribution in [-0.4, -0.2) is 35.6 Å². The molecule has 0 heterocycles. The maximum Gasteiger partial charge on any atom is 0.191 e. The minimum Gasteiger partial charge on any atom is -0.355 e. The second-order valence-electron chi connectivity index (χ2n) is 6.29. The summed E-state index contributed by atoms with van der Waals surface area (Å²) in [6, 6.07) is 10.4. The fourth-order valence-electron chi connectivity index (χ4n) is 2.20. The second-order valence-corrected chi connectivity index (χ2v) is 7.87. The molecule has 0 aromatic heterocycles. The van der Waals surface area contributed by atoms with Gasteiger partial charge in [0.25, 0.3) is 0 Å². The lowest BCUT2D eigenvalue weighted by Gasteiger charge is -2.18. The first-order valence-corrected chi connectivity index (χ1v) is 9.86. The Morgan fingerprint density at radius 1 is 1.17 bits per heavy atom. The molecule has 0 fully saturated rings. The van der Waals surface area contributed by atoms with Crippen LogP contribution in [0.15, 0.2) is 35.3 Å². The molecule has 0 saturated carbocycles. The van der Waals surface area contributed by atoms with Crippen molar-refractivity contribution in [1.82, 2.24) is 10.6 Å². The topological polar surface area (TPSA) is 53.5 Å².